The van der Waals surface area contributed by atoms with Gasteiger partial charge in [-0.05, 0) is 28.4 Å². The molecule has 0 bridgehead atoms. The first-order valence-corrected chi connectivity index (χ1v) is 6.50. The zero-order valence-corrected chi connectivity index (χ0v) is 11.8. The third-order valence-corrected chi connectivity index (χ3v) is 3.36. The normalized spacial score (nSPS) is 19.5. The van der Waals surface area contributed by atoms with Crippen molar-refractivity contribution in [3.8, 4) is 0 Å². The Morgan fingerprint density at radius 1 is 1.47 bits per heavy atom. The monoisotopic (exact) mass is 325 g/mol. The predicted octanol–water partition coefficient (Wildman–Crippen LogP) is 0.721. The van der Waals surface area contributed by atoms with Crippen LogP contribution in [0.5, 0.6) is 0 Å². The molecule has 1 aromatic heterocycles. The molecule has 1 atom stereocenters. The fourth-order valence-corrected chi connectivity index (χ4v) is 2.19. The number of likely N-dealkylation sites (N-methyl/N-ethyl adjacent to an activating group) is 1. The standard InChI is InChI=1S/C12H12BrN3O3/c1-16-10(17)3-2-9(12(16)19)15-11(18)7-4-8(13)6-14-5-7/h4-6,9H,2-3H2,1H3,(H,15,18). The van der Waals surface area contributed by atoms with Crippen LogP contribution in [0.25, 0.3) is 0 Å². The molecule has 0 saturated carbocycles. The predicted molar refractivity (Wildman–Crippen MR) is 70.2 cm³/mol. The zero-order valence-electron chi connectivity index (χ0n) is 10.2. The van der Waals surface area contributed by atoms with Crippen LogP contribution in [0.4, 0.5) is 0 Å². The summed E-state index contributed by atoms with van der Waals surface area (Å²) in [6, 6.07) is 0.957. The van der Waals surface area contributed by atoms with Crippen molar-refractivity contribution in [3.05, 3.63) is 28.5 Å². The minimum absolute atomic E-state index is 0.223. The second-order valence-electron chi connectivity index (χ2n) is 4.25. The number of rotatable bonds is 2. The molecule has 1 fully saturated rings. The second-order valence-corrected chi connectivity index (χ2v) is 5.16. The summed E-state index contributed by atoms with van der Waals surface area (Å²) in [5.74, 6) is -0.984. The van der Waals surface area contributed by atoms with Crippen molar-refractivity contribution in [1.29, 1.82) is 0 Å². The molecule has 1 aliphatic rings. The summed E-state index contributed by atoms with van der Waals surface area (Å²) < 4.78 is 0.683. The number of aromatic nitrogens is 1. The summed E-state index contributed by atoms with van der Waals surface area (Å²) in [6.45, 7) is 0. The maximum Gasteiger partial charge on any atom is 0.253 e. The van der Waals surface area contributed by atoms with Crippen molar-refractivity contribution >= 4 is 33.7 Å². The Kier molecular flexibility index (Phi) is 3.94. The van der Waals surface area contributed by atoms with Crippen LogP contribution >= 0.6 is 15.9 Å². The van der Waals surface area contributed by atoms with Crippen LogP contribution in [0.15, 0.2) is 22.9 Å². The van der Waals surface area contributed by atoms with Crippen LogP contribution in [0.3, 0.4) is 0 Å². The summed E-state index contributed by atoms with van der Waals surface area (Å²) in [6.07, 6.45) is 3.57. The lowest BCUT2D eigenvalue weighted by Gasteiger charge is -2.28. The van der Waals surface area contributed by atoms with Gasteiger partial charge < -0.3 is 5.32 Å². The number of amides is 3. The highest BCUT2D eigenvalue weighted by Gasteiger charge is 2.32. The van der Waals surface area contributed by atoms with Gasteiger partial charge in [0.15, 0.2) is 0 Å². The summed E-state index contributed by atoms with van der Waals surface area (Å²) >= 11 is 3.22. The van der Waals surface area contributed by atoms with Gasteiger partial charge >= 0.3 is 0 Å². The highest BCUT2D eigenvalue weighted by atomic mass is 79.9. The van der Waals surface area contributed by atoms with Gasteiger partial charge in [0.25, 0.3) is 11.8 Å². The number of hydrogen-bond donors (Lipinski definition) is 1. The van der Waals surface area contributed by atoms with Crippen LogP contribution < -0.4 is 5.32 Å². The van der Waals surface area contributed by atoms with E-state index in [0.29, 0.717) is 16.5 Å². The Labute approximate surface area is 118 Å². The molecule has 1 aliphatic heterocycles. The number of nitrogens with zero attached hydrogens (tertiary/aromatic N) is 2. The van der Waals surface area contributed by atoms with Crippen LogP contribution in [0.1, 0.15) is 23.2 Å². The summed E-state index contributed by atoms with van der Waals surface area (Å²) in [7, 11) is 1.42. The third kappa shape index (κ3) is 2.98. The van der Waals surface area contributed by atoms with Crippen LogP contribution in [-0.2, 0) is 9.59 Å². The van der Waals surface area contributed by atoms with E-state index in [1.165, 1.54) is 13.2 Å². The summed E-state index contributed by atoms with van der Waals surface area (Å²) in [5, 5.41) is 2.62. The van der Waals surface area contributed by atoms with Gasteiger partial charge in [0.1, 0.15) is 6.04 Å². The van der Waals surface area contributed by atoms with Gasteiger partial charge in [-0.1, -0.05) is 0 Å². The minimum atomic E-state index is -0.658. The molecular formula is C12H12BrN3O3. The van der Waals surface area contributed by atoms with Crippen molar-refractivity contribution < 1.29 is 14.4 Å². The number of pyridine rings is 1. The van der Waals surface area contributed by atoms with Gasteiger partial charge in [-0.25, -0.2) is 0 Å². The maximum atomic E-state index is 12.0. The molecule has 7 heteroatoms. The van der Waals surface area contributed by atoms with Crippen molar-refractivity contribution in [3.63, 3.8) is 0 Å². The Hall–Kier alpha value is -1.76. The lowest BCUT2D eigenvalue weighted by Crippen LogP contribution is -2.52. The van der Waals surface area contributed by atoms with E-state index in [1.807, 2.05) is 0 Å². The SMILES string of the molecule is CN1C(=O)CCC(NC(=O)c2cncc(Br)c2)C1=O. The molecule has 0 aromatic carbocycles. The lowest BCUT2D eigenvalue weighted by molar-refractivity contribution is -0.147. The molecule has 1 aromatic rings. The van der Waals surface area contributed by atoms with Crippen molar-refractivity contribution in [2.24, 2.45) is 0 Å². The molecule has 1 N–H and O–H groups in total. The molecule has 2 heterocycles. The van der Waals surface area contributed by atoms with Crippen molar-refractivity contribution in [2.45, 2.75) is 18.9 Å². The molecule has 2 rings (SSSR count). The van der Waals surface area contributed by atoms with E-state index in [9.17, 15) is 14.4 Å². The van der Waals surface area contributed by atoms with E-state index in [-0.39, 0.29) is 24.1 Å². The number of imide groups is 1. The highest BCUT2D eigenvalue weighted by Crippen LogP contribution is 2.13. The fraction of sp³-hybridized carbons (Fsp3) is 0.333. The first-order chi connectivity index (χ1) is 8.99. The molecular weight excluding hydrogens is 314 g/mol. The van der Waals surface area contributed by atoms with E-state index in [1.54, 1.807) is 12.3 Å². The fourth-order valence-electron chi connectivity index (χ4n) is 1.83. The Bertz CT molecular complexity index is 547. The van der Waals surface area contributed by atoms with Gasteiger partial charge in [0.05, 0.1) is 5.56 Å². The molecule has 0 aliphatic carbocycles. The number of piperidine rings is 1. The Morgan fingerprint density at radius 2 is 2.21 bits per heavy atom. The van der Waals surface area contributed by atoms with Crippen LogP contribution in [-0.4, -0.2) is 40.7 Å². The number of halogens is 1. The van der Waals surface area contributed by atoms with Crippen molar-refractivity contribution in [2.75, 3.05) is 7.05 Å². The first kappa shape index (κ1) is 13.7. The Balaban J connectivity index is 2.07. The Morgan fingerprint density at radius 3 is 2.89 bits per heavy atom. The summed E-state index contributed by atoms with van der Waals surface area (Å²) in [4.78, 5) is 40.1. The molecule has 6 nitrogen and oxygen atoms in total. The van der Waals surface area contributed by atoms with Crippen LogP contribution in [0.2, 0.25) is 0 Å². The van der Waals surface area contributed by atoms with Gasteiger partial charge in [-0.3, -0.25) is 24.3 Å². The number of likely N-dealkylation sites (tertiary alicyclic amines) is 1. The first-order valence-electron chi connectivity index (χ1n) is 5.71. The molecule has 3 amide bonds. The molecule has 0 radical (unpaired) electrons. The van der Waals surface area contributed by atoms with Gasteiger partial charge in [0, 0.05) is 30.3 Å². The van der Waals surface area contributed by atoms with Gasteiger partial charge in [0.2, 0.25) is 5.91 Å². The smallest absolute Gasteiger partial charge is 0.253 e. The van der Waals surface area contributed by atoms with E-state index >= 15 is 0 Å². The third-order valence-electron chi connectivity index (χ3n) is 2.92. The number of nitrogens with one attached hydrogen (secondary N) is 1. The number of carbonyl (C=O) groups is 3. The molecule has 19 heavy (non-hydrogen) atoms. The molecule has 100 valence electrons. The number of carbonyl (C=O) groups excluding carboxylic acids is 3. The minimum Gasteiger partial charge on any atom is -0.340 e. The van der Waals surface area contributed by atoms with Gasteiger partial charge in [-0.2, -0.15) is 0 Å². The van der Waals surface area contributed by atoms with E-state index < -0.39 is 6.04 Å². The molecule has 0 spiro atoms. The van der Waals surface area contributed by atoms with E-state index in [0.717, 1.165) is 4.90 Å². The molecule has 1 unspecified atom stereocenters. The molecule has 1 saturated heterocycles. The average Bonchev–Trinajstić information content (AvgIpc) is 2.39. The van der Waals surface area contributed by atoms with Crippen LogP contribution in [0, 0.1) is 0 Å². The van der Waals surface area contributed by atoms with Crippen molar-refractivity contribution in [1.82, 2.24) is 15.2 Å². The van der Waals surface area contributed by atoms with Gasteiger partial charge in [-0.15, -0.1) is 0 Å². The summed E-state index contributed by atoms with van der Waals surface area (Å²) in [5.41, 5.74) is 0.363. The zero-order chi connectivity index (χ0) is 14.0. The second kappa shape index (κ2) is 5.48. The largest absolute Gasteiger partial charge is 0.340 e. The average molecular weight is 326 g/mol. The topological polar surface area (TPSA) is 79.4 Å². The van der Waals surface area contributed by atoms with E-state index in [4.69, 9.17) is 0 Å². The van der Waals surface area contributed by atoms with E-state index in [2.05, 4.69) is 26.2 Å². The quantitative estimate of drug-likeness (QED) is 0.813. The highest BCUT2D eigenvalue weighted by molar-refractivity contribution is 9.10. The maximum absolute atomic E-state index is 12.0. The number of hydrogen-bond acceptors (Lipinski definition) is 4. The lowest BCUT2D eigenvalue weighted by atomic mass is 10.0.